The second-order valence-electron chi connectivity index (χ2n) is 10.2. The van der Waals surface area contributed by atoms with E-state index in [9.17, 15) is 14.7 Å². The van der Waals surface area contributed by atoms with Crippen molar-refractivity contribution in [2.75, 3.05) is 7.11 Å². The lowest BCUT2D eigenvalue weighted by Gasteiger charge is -2.35. The SMILES string of the molecule is CCC(O)(CC)c1ccc(C(CC)(CC)c2ccc(C(=O)NC(C)(C)C(=O)OC)c(C)c2)cc1C. The molecule has 192 valence electrons. The molecule has 2 rings (SSSR count). The maximum Gasteiger partial charge on any atom is 0.330 e. The van der Waals surface area contributed by atoms with E-state index in [0.717, 1.165) is 35.1 Å². The molecule has 0 aromatic heterocycles. The summed E-state index contributed by atoms with van der Waals surface area (Å²) in [6.07, 6.45) is 3.14. The Morgan fingerprint density at radius 1 is 0.857 bits per heavy atom. The predicted octanol–water partition coefficient (Wildman–Crippen LogP) is 6.10. The van der Waals surface area contributed by atoms with Crippen LogP contribution in [0.3, 0.4) is 0 Å². The largest absolute Gasteiger partial charge is 0.467 e. The van der Waals surface area contributed by atoms with Crippen molar-refractivity contribution in [3.63, 3.8) is 0 Å². The Labute approximate surface area is 211 Å². The molecule has 0 spiro atoms. The van der Waals surface area contributed by atoms with E-state index in [-0.39, 0.29) is 11.3 Å². The van der Waals surface area contributed by atoms with Crippen molar-refractivity contribution in [3.05, 3.63) is 69.8 Å². The maximum absolute atomic E-state index is 13.0. The molecule has 0 radical (unpaired) electrons. The minimum Gasteiger partial charge on any atom is -0.467 e. The molecule has 0 atom stereocenters. The summed E-state index contributed by atoms with van der Waals surface area (Å²) in [5, 5.41) is 13.9. The second-order valence-corrected chi connectivity index (χ2v) is 10.2. The van der Waals surface area contributed by atoms with Gasteiger partial charge in [0.05, 0.1) is 12.7 Å². The molecule has 0 heterocycles. The molecule has 0 unspecified atom stereocenters. The smallest absolute Gasteiger partial charge is 0.330 e. The molecule has 0 aliphatic rings. The van der Waals surface area contributed by atoms with Crippen molar-refractivity contribution < 1.29 is 19.4 Å². The van der Waals surface area contributed by atoms with Gasteiger partial charge in [0.2, 0.25) is 0 Å². The molecule has 2 N–H and O–H groups in total. The van der Waals surface area contributed by atoms with Gasteiger partial charge in [0.25, 0.3) is 5.91 Å². The average molecular weight is 482 g/mol. The quantitative estimate of drug-likeness (QED) is 0.402. The van der Waals surface area contributed by atoms with E-state index in [1.165, 1.54) is 12.7 Å². The molecule has 0 aliphatic heterocycles. The molecular formula is C30H43NO4. The zero-order valence-electron chi connectivity index (χ0n) is 23.0. The number of carbonyl (C=O) groups is 2. The molecule has 0 aliphatic carbocycles. The van der Waals surface area contributed by atoms with Gasteiger partial charge < -0.3 is 15.2 Å². The number of carbonyl (C=O) groups excluding carboxylic acids is 2. The number of hydrogen-bond acceptors (Lipinski definition) is 4. The van der Waals surface area contributed by atoms with Crippen LogP contribution in [0.5, 0.6) is 0 Å². The Kier molecular flexibility index (Phi) is 8.94. The first-order chi connectivity index (χ1) is 16.3. The summed E-state index contributed by atoms with van der Waals surface area (Å²) in [6.45, 7) is 15.7. The molecule has 0 saturated carbocycles. The van der Waals surface area contributed by atoms with E-state index < -0.39 is 17.1 Å². The third-order valence-corrected chi connectivity index (χ3v) is 7.80. The fraction of sp³-hybridized carbons (Fsp3) is 0.533. The van der Waals surface area contributed by atoms with Crippen LogP contribution in [0.4, 0.5) is 0 Å². The Hall–Kier alpha value is -2.66. The second kappa shape index (κ2) is 10.9. The van der Waals surface area contributed by atoms with E-state index in [0.29, 0.717) is 18.4 Å². The zero-order chi connectivity index (χ0) is 26.6. The van der Waals surface area contributed by atoms with Crippen LogP contribution in [0.15, 0.2) is 36.4 Å². The number of rotatable bonds is 10. The summed E-state index contributed by atoms with van der Waals surface area (Å²) in [5.74, 6) is -0.797. The monoisotopic (exact) mass is 481 g/mol. The van der Waals surface area contributed by atoms with Crippen molar-refractivity contribution in [2.24, 2.45) is 0 Å². The van der Waals surface area contributed by atoms with E-state index in [1.807, 2.05) is 32.9 Å². The fourth-order valence-corrected chi connectivity index (χ4v) is 5.22. The van der Waals surface area contributed by atoms with Crippen molar-refractivity contribution >= 4 is 11.9 Å². The number of nitrogens with one attached hydrogen (secondary N) is 1. The van der Waals surface area contributed by atoms with Gasteiger partial charge >= 0.3 is 5.97 Å². The number of aryl methyl sites for hydroxylation is 2. The normalized spacial score (nSPS) is 12.4. The lowest BCUT2D eigenvalue weighted by molar-refractivity contribution is -0.146. The van der Waals surface area contributed by atoms with Gasteiger partial charge in [-0.05, 0) is 87.3 Å². The van der Waals surface area contributed by atoms with Crippen molar-refractivity contribution in [1.82, 2.24) is 5.32 Å². The van der Waals surface area contributed by atoms with Crippen LogP contribution < -0.4 is 5.32 Å². The van der Waals surface area contributed by atoms with Gasteiger partial charge in [-0.25, -0.2) is 4.79 Å². The van der Waals surface area contributed by atoms with Gasteiger partial charge in [0, 0.05) is 11.0 Å². The van der Waals surface area contributed by atoms with Crippen molar-refractivity contribution in [3.8, 4) is 0 Å². The van der Waals surface area contributed by atoms with Crippen LogP contribution in [-0.4, -0.2) is 29.6 Å². The highest BCUT2D eigenvalue weighted by Crippen LogP contribution is 2.41. The summed E-state index contributed by atoms with van der Waals surface area (Å²) in [7, 11) is 1.31. The molecule has 0 saturated heterocycles. The topological polar surface area (TPSA) is 75.6 Å². The van der Waals surface area contributed by atoms with Gasteiger partial charge in [-0.15, -0.1) is 0 Å². The first-order valence-corrected chi connectivity index (χ1v) is 12.7. The third-order valence-electron chi connectivity index (χ3n) is 7.80. The maximum atomic E-state index is 13.0. The Morgan fingerprint density at radius 3 is 1.80 bits per heavy atom. The molecule has 1 amide bonds. The minimum absolute atomic E-state index is 0.217. The zero-order valence-corrected chi connectivity index (χ0v) is 23.0. The van der Waals surface area contributed by atoms with Crippen LogP contribution in [0.1, 0.15) is 105 Å². The lowest BCUT2D eigenvalue weighted by atomic mass is 9.69. The van der Waals surface area contributed by atoms with Crippen LogP contribution in [0.25, 0.3) is 0 Å². The van der Waals surface area contributed by atoms with Crippen LogP contribution in [0.2, 0.25) is 0 Å². The van der Waals surface area contributed by atoms with Crippen molar-refractivity contribution in [1.29, 1.82) is 0 Å². The summed E-state index contributed by atoms with van der Waals surface area (Å²) in [6, 6.07) is 12.4. The molecule has 35 heavy (non-hydrogen) atoms. The highest BCUT2D eigenvalue weighted by atomic mass is 16.5. The minimum atomic E-state index is -1.12. The number of esters is 1. The number of benzene rings is 2. The highest BCUT2D eigenvalue weighted by molar-refractivity contribution is 5.99. The Morgan fingerprint density at radius 2 is 1.37 bits per heavy atom. The van der Waals surface area contributed by atoms with Gasteiger partial charge in [0.15, 0.2) is 0 Å². The number of aliphatic hydroxyl groups is 1. The lowest BCUT2D eigenvalue weighted by Crippen LogP contribution is -2.50. The molecule has 5 nitrogen and oxygen atoms in total. The average Bonchev–Trinajstić information content (AvgIpc) is 2.83. The first kappa shape index (κ1) is 28.6. The third kappa shape index (κ3) is 5.45. The van der Waals surface area contributed by atoms with E-state index >= 15 is 0 Å². The highest BCUT2D eigenvalue weighted by Gasteiger charge is 2.34. The summed E-state index contributed by atoms with van der Waals surface area (Å²) < 4.78 is 4.81. The molecule has 5 heteroatoms. The van der Waals surface area contributed by atoms with Crippen LogP contribution in [0, 0.1) is 13.8 Å². The van der Waals surface area contributed by atoms with Crippen molar-refractivity contribution in [2.45, 2.75) is 97.6 Å². The summed E-state index contributed by atoms with van der Waals surface area (Å²) in [5.41, 5.74) is 3.69. The summed E-state index contributed by atoms with van der Waals surface area (Å²) in [4.78, 5) is 25.0. The number of ether oxygens (including phenoxy) is 1. The van der Waals surface area contributed by atoms with Crippen LogP contribution in [-0.2, 0) is 20.5 Å². The Bertz CT molecular complexity index is 1060. The Balaban J connectivity index is 2.51. The number of hydrogen-bond donors (Lipinski definition) is 2. The van der Waals surface area contributed by atoms with E-state index in [1.54, 1.807) is 13.8 Å². The molecule has 2 aromatic carbocycles. The predicted molar refractivity (Wildman–Crippen MR) is 142 cm³/mol. The van der Waals surface area contributed by atoms with Gasteiger partial charge in [-0.2, -0.15) is 0 Å². The number of amides is 1. The standard InChI is InChI=1S/C30H43NO4/c1-10-29(11-2,23-15-17-25(21(6)19-23)30(34,12-3)13-4)22-14-16-24(20(5)18-22)26(32)31-28(7,8)27(33)35-9/h14-19,34H,10-13H2,1-9H3,(H,31,32). The first-order valence-electron chi connectivity index (χ1n) is 12.7. The molecular weight excluding hydrogens is 438 g/mol. The fourth-order valence-electron chi connectivity index (χ4n) is 5.22. The number of methoxy groups -OCH3 is 1. The van der Waals surface area contributed by atoms with E-state index in [4.69, 9.17) is 4.74 Å². The van der Waals surface area contributed by atoms with E-state index in [2.05, 4.69) is 50.4 Å². The molecule has 2 aromatic rings. The molecule has 0 bridgehead atoms. The molecule has 0 fully saturated rings. The van der Waals surface area contributed by atoms with Gasteiger partial charge in [-0.3, -0.25) is 4.79 Å². The van der Waals surface area contributed by atoms with Gasteiger partial charge in [-0.1, -0.05) is 58.0 Å². The summed E-state index contributed by atoms with van der Waals surface area (Å²) >= 11 is 0. The van der Waals surface area contributed by atoms with Crippen LogP contribution >= 0.6 is 0 Å². The van der Waals surface area contributed by atoms with Gasteiger partial charge in [0.1, 0.15) is 5.54 Å².